The Morgan fingerprint density at radius 2 is 1.43 bits per heavy atom. The number of aliphatic hydroxyl groups excluding tert-OH is 1. The highest BCUT2D eigenvalue weighted by atomic mass is 32.2. The van der Waals surface area contributed by atoms with E-state index in [-0.39, 0.29) is 43.4 Å². The maximum absolute atomic E-state index is 12.8. The molecule has 0 fully saturated rings. The molecule has 1 rings (SSSR count). The lowest BCUT2D eigenvalue weighted by Crippen LogP contribution is -2.48. The minimum Gasteiger partial charge on any atom is -0.448 e. The second-order valence-electron chi connectivity index (χ2n) is 11.5. The molecule has 11 heteroatoms. The fraction of sp³-hybridized carbons (Fsp3) is 0.447. The van der Waals surface area contributed by atoms with Gasteiger partial charge in [0.15, 0.2) is 6.10 Å². The molecular formula is C38H53N3O7S. The van der Waals surface area contributed by atoms with E-state index >= 15 is 0 Å². The highest BCUT2D eigenvalue weighted by Crippen LogP contribution is 2.24. The van der Waals surface area contributed by atoms with Crippen molar-refractivity contribution in [2.24, 2.45) is 5.41 Å². The van der Waals surface area contributed by atoms with Crippen LogP contribution in [-0.4, -0.2) is 65.4 Å². The first kappa shape index (κ1) is 42.8. The third-order valence-corrected chi connectivity index (χ3v) is 7.34. The van der Waals surface area contributed by atoms with E-state index in [1.54, 1.807) is 26.0 Å². The maximum Gasteiger partial charge on any atom is 0.340 e. The zero-order valence-corrected chi connectivity index (χ0v) is 29.9. The zero-order chi connectivity index (χ0) is 36.0. The molecule has 1 atom stereocenters. The number of amides is 2. The molecule has 2 amide bonds. The summed E-state index contributed by atoms with van der Waals surface area (Å²) < 4.78 is 10.5. The highest BCUT2D eigenvalue weighted by Gasteiger charge is 2.38. The van der Waals surface area contributed by atoms with Crippen LogP contribution in [-0.2, 0) is 23.3 Å². The van der Waals surface area contributed by atoms with Crippen LogP contribution in [0.5, 0.6) is 0 Å². The van der Waals surface area contributed by atoms with Gasteiger partial charge in [0.1, 0.15) is 0 Å². The van der Waals surface area contributed by atoms with Crippen molar-refractivity contribution in [1.29, 1.82) is 0 Å². The molecule has 49 heavy (non-hydrogen) atoms. The minimum atomic E-state index is -1.28. The van der Waals surface area contributed by atoms with Crippen LogP contribution in [0.2, 0.25) is 0 Å². The first-order valence-corrected chi connectivity index (χ1v) is 17.6. The average Bonchev–Trinajstić information content (AvgIpc) is 3.10. The summed E-state index contributed by atoms with van der Waals surface area (Å²) in [5, 5.41) is 15.0. The summed E-state index contributed by atoms with van der Waals surface area (Å²) >= 11 is 0.958. The second kappa shape index (κ2) is 27.7. The normalized spacial score (nSPS) is 12.9. The van der Waals surface area contributed by atoms with E-state index in [9.17, 15) is 24.3 Å². The van der Waals surface area contributed by atoms with Crippen molar-refractivity contribution < 1.29 is 33.2 Å². The molecule has 0 unspecified atom stereocenters. The average molecular weight is 696 g/mol. The van der Waals surface area contributed by atoms with Crippen LogP contribution >= 0.6 is 12.0 Å². The Morgan fingerprint density at radius 3 is 1.96 bits per heavy atom. The van der Waals surface area contributed by atoms with Crippen molar-refractivity contribution in [3.05, 3.63) is 103 Å². The predicted octanol–water partition coefficient (Wildman–Crippen LogP) is 6.53. The zero-order valence-electron chi connectivity index (χ0n) is 29.1. The number of nitrogens with one attached hydrogen (secondary N) is 2. The smallest absolute Gasteiger partial charge is 0.340 e. The molecule has 0 aromatic carbocycles. The van der Waals surface area contributed by atoms with E-state index in [0.717, 1.165) is 50.6 Å². The number of ether oxygens (including phenoxy) is 1. The fourth-order valence-electron chi connectivity index (χ4n) is 3.86. The van der Waals surface area contributed by atoms with Gasteiger partial charge in [-0.05, 0) is 50.7 Å². The van der Waals surface area contributed by atoms with Crippen molar-refractivity contribution >= 4 is 35.8 Å². The van der Waals surface area contributed by atoms with Gasteiger partial charge in [-0.2, -0.15) is 0 Å². The monoisotopic (exact) mass is 695 g/mol. The Balaban J connectivity index is 2.14. The fourth-order valence-corrected chi connectivity index (χ4v) is 4.33. The van der Waals surface area contributed by atoms with Crippen molar-refractivity contribution in [3.8, 4) is 0 Å². The number of allylic oxidation sites excluding steroid dienone is 11. The van der Waals surface area contributed by atoms with E-state index < -0.39 is 30.0 Å². The standard InChI is InChI=1S/C38H53N3O7S/c1-4-5-6-7-8-9-10-11-12-13-14-15-16-17-18-19-20-21-24-34(44)48-49-29-28-40-33(43)25-27-41-36(45)35(38(2,3)31-42)47-37(46)32-23-22-26-39-30-32/h5-6,8-9,11-12,14-15,17-18,20-23,26,30,35,42H,4,7,10,13,16,19,24-25,27-29,31H2,1-3H3,(H,40,43)(H,41,45)/b6-5-,9-8-,12-11-,15-14-,18-17-,21-20-/t35-/m0/s1. The molecule has 0 saturated carbocycles. The number of carbonyl (C=O) groups excluding carboxylic acids is 4. The molecule has 3 N–H and O–H groups in total. The molecule has 0 aliphatic carbocycles. The van der Waals surface area contributed by atoms with Gasteiger partial charge < -0.3 is 24.7 Å². The summed E-state index contributed by atoms with van der Waals surface area (Å²) in [6.45, 7) is 5.18. The van der Waals surface area contributed by atoms with E-state index in [0.29, 0.717) is 5.75 Å². The lowest BCUT2D eigenvalue weighted by Gasteiger charge is -2.30. The maximum atomic E-state index is 12.8. The molecular weight excluding hydrogens is 642 g/mol. The SMILES string of the molecule is CC/C=C\C/C=C\C/C=C\C/C=C\C/C=C\C/C=C\CC(=O)OSCCNC(=O)CCNC(=O)[C@H](OC(=O)c1cccnc1)C(C)(C)CO. The quantitative estimate of drug-likeness (QED) is 0.0450. The molecule has 0 saturated heterocycles. The molecule has 0 spiro atoms. The van der Waals surface area contributed by atoms with E-state index in [1.807, 2.05) is 6.08 Å². The van der Waals surface area contributed by atoms with Crippen LogP contribution < -0.4 is 10.6 Å². The van der Waals surface area contributed by atoms with Gasteiger partial charge in [-0.3, -0.25) is 19.4 Å². The molecule has 0 bridgehead atoms. The Kier molecular flexibility index (Phi) is 24.2. The summed E-state index contributed by atoms with van der Waals surface area (Å²) in [5.74, 6) is -1.69. The Hall–Kier alpha value is -4.22. The van der Waals surface area contributed by atoms with Gasteiger partial charge in [0.05, 0.1) is 30.6 Å². The van der Waals surface area contributed by atoms with Crippen molar-refractivity contribution in [1.82, 2.24) is 15.6 Å². The first-order chi connectivity index (χ1) is 23.7. The number of aliphatic hydroxyl groups is 1. The third kappa shape index (κ3) is 22.1. The number of nitrogens with zero attached hydrogens (tertiary/aromatic N) is 1. The van der Waals surface area contributed by atoms with Gasteiger partial charge >= 0.3 is 11.9 Å². The van der Waals surface area contributed by atoms with Crippen LogP contribution in [0, 0.1) is 5.41 Å². The van der Waals surface area contributed by atoms with Gasteiger partial charge in [-0.1, -0.05) is 93.7 Å². The summed E-state index contributed by atoms with van der Waals surface area (Å²) in [6, 6.07) is 3.07. The molecule has 1 heterocycles. The van der Waals surface area contributed by atoms with E-state index in [4.69, 9.17) is 8.92 Å². The number of pyridine rings is 1. The third-order valence-electron chi connectivity index (χ3n) is 6.67. The number of esters is 1. The van der Waals surface area contributed by atoms with Gasteiger partial charge in [-0.15, -0.1) is 0 Å². The molecule has 1 aromatic rings. The van der Waals surface area contributed by atoms with Crippen molar-refractivity contribution in [3.63, 3.8) is 0 Å². The van der Waals surface area contributed by atoms with Gasteiger partial charge in [-0.25, -0.2) is 4.79 Å². The number of aromatic nitrogens is 1. The Morgan fingerprint density at radius 1 is 0.857 bits per heavy atom. The molecule has 1 aromatic heterocycles. The number of rotatable bonds is 25. The van der Waals surface area contributed by atoms with Gasteiger partial charge in [0.25, 0.3) is 5.91 Å². The topological polar surface area (TPSA) is 144 Å². The first-order valence-electron chi connectivity index (χ1n) is 16.7. The number of hydrogen-bond donors (Lipinski definition) is 3. The molecule has 0 aliphatic heterocycles. The summed E-state index contributed by atoms with van der Waals surface area (Å²) in [7, 11) is 0. The van der Waals surface area contributed by atoms with Crippen LogP contribution in [0.3, 0.4) is 0 Å². The summed E-state index contributed by atoms with van der Waals surface area (Å²) in [4.78, 5) is 53.2. The van der Waals surface area contributed by atoms with Gasteiger partial charge in [0, 0.05) is 43.1 Å². The predicted molar refractivity (Wildman–Crippen MR) is 196 cm³/mol. The van der Waals surface area contributed by atoms with Crippen molar-refractivity contribution in [2.75, 3.05) is 25.4 Å². The molecule has 10 nitrogen and oxygen atoms in total. The number of hydrogen-bond acceptors (Lipinski definition) is 9. The lowest BCUT2D eigenvalue weighted by molar-refractivity contribution is -0.138. The lowest BCUT2D eigenvalue weighted by atomic mass is 9.86. The van der Waals surface area contributed by atoms with Crippen LogP contribution in [0.4, 0.5) is 0 Å². The largest absolute Gasteiger partial charge is 0.448 e. The van der Waals surface area contributed by atoms with Crippen LogP contribution in [0.25, 0.3) is 0 Å². The van der Waals surface area contributed by atoms with E-state index in [2.05, 4.69) is 83.3 Å². The second-order valence-corrected chi connectivity index (χ2v) is 12.3. The number of carbonyl (C=O) groups is 4. The van der Waals surface area contributed by atoms with Crippen LogP contribution in [0.15, 0.2) is 97.4 Å². The molecule has 0 radical (unpaired) electrons. The highest BCUT2D eigenvalue weighted by molar-refractivity contribution is 7.95. The van der Waals surface area contributed by atoms with E-state index in [1.165, 1.54) is 18.5 Å². The summed E-state index contributed by atoms with van der Waals surface area (Å²) in [6.07, 6.45) is 32.4. The Bertz CT molecular complexity index is 1290. The summed E-state index contributed by atoms with van der Waals surface area (Å²) in [5.41, 5.74) is -0.893. The Labute approximate surface area is 296 Å². The minimum absolute atomic E-state index is 0.00119. The van der Waals surface area contributed by atoms with Gasteiger partial charge in [0.2, 0.25) is 5.91 Å². The molecule has 0 aliphatic rings. The van der Waals surface area contributed by atoms with Crippen molar-refractivity contribution in [2.45, 2.75) is 78.2 Å². The van der Waals surface area contributed by atoms with Crippen LogP contribution in [0.1, 0.15) is 82.5 Å². The molecule has 268 valence electrons.